The van der Waals surface area contributed by atoms with Crippen molar-refractivity contribution in [2.75, 3.05) is 11.4 Å². The minimum Gasteiger partial charge on any atom is -0.384 e. The van der Waals surface area contributed by atoms with Gasteiger partial charge < -0.3 is 10.6 Å². The molecular weight excluding hydrogens is 253 g/mol. The molecule has 1 aliphatic heterocycles. The van der Waals surface area contributed by atoms with Crippen LogP contribution in [0.15, 0.2) is 42.5 Å². The van der Waals surface area contributed by atoms with Crippen molar-refractivity contribution in [3.05, 3.63) is 59.4 Å². The number of rotatable bonds is 2. The number of fused-ring (bicyclic) bond motifs is 1. The Morgan fingerprint density at radius 3 is 2.70 bits per heavy atom. The number of nitrogens with zero attached hydrogens (tertiary/aromatic N) is 1. The summed E-state index contributed by atoms with van der Waals surface area (Å²) in [6.45, 7) is 0.799. The second-order valence-corrected chi connectivity index (χ2v) is 4.96. The number of hydrogen-bond acceptors (Lipinski definition) is 2. The predicted octanol–water partition coefficient (Wildman–Crippen LogP) is 3.19. The van der Waals surface area contributed by atoms with E-state index in [4.69, 9.17) is 11.1 Å². The van der Waals surface area contributed by atoms with Gasteiger partial charge in [-0.05, 0) is 42.7 Å². The fourth-order valence-corrected chi connectivity index (χ4v) is 2.68. The van der Waals surface area contributed by atoms with Crippen LogP contribution in [0, 0.1) is 11.2 Å². The summed E-state index contributed by atoms with van der Waals surface area (Å²) in [6, 6.07) is 12.8. The number of nitrogens with one attached hydrogen (secondary N) is 1. The standard InChI is InChI=1S/C16H16FN3/c17-13-10-12(16(18)19)7-8-15(13)20-9-3-5-11-4-1-2-6-14(11)20/h1-2,4,6-8,10H,3,5,9H2,(H3,18,19). The van der Waals surface area contributed by atoms with E-state index in [9.17, 15) is 4.39 Å². The highest BCUT2D eigenvalue weighted by Gasteiger charge is 2.20. The maximum atomic E-state index is 14.3. The van der Waals surface area contributed by atoms with E-state index in [1.165, 1.54) is 11.6 Å². The Morgan fingerprint density at radius 1 is 1.15 bits per heavy atom. The van der Waals surface area contributed by atoms with Crippen LogP contribution >= 0.6 is 0 Å². The van der Waals surface area contributed by atoms with Crippen LogP contribution in [-0.4, -0.2) is 12.4 Å². The topological polar surface area (TPSA) is 53.1 Å². The van der Waals surface area contributed by atoms with Gasteiger partial charge >= 0.3 is 0 Å². The summed E-state index contributed by atoms with van der Waals surface area (Å²) < 4.78 is 14.3. The molecule has 1 aliphatic rings. The molecule has 102 valence electrons. The van der Waals surface area contributed by atoms with Gasteiger partial charge in [0.15, 0.2) is 0 Å². The van der Waals surface area contributed by atoms with Crippen LogP contribution in [0.4, 0.5) is 15.8 Å². The largest absolute Gasteiger partial charge is 0.384 e. The second-order valence-electron chi connectivity index (χ2n) is 4.96. The lowest BCUT2D eigenvalue weighted by molar-refractivity contribution is 0.620. The summed E-state index contributed by atoms with van der Waals surface area (Å²) in [7, 11) is 0. The van der Waals surface area contributed by atoms with Gasteiger partial charge in [-0.2, -0.15) is 0 Å². The monoisotopic (exact) mass is 269 g/mol. The van der Waals surface area contributed by atoms with Crippen LogP contribution in [0.2, 0.25) is 0 Å². The smallest absolute Gasteiger partial charge is 0.147 e. The number of benzene rings is 2. The fraction of sp³-hybridized carbons (Fsp3) is 0.188. The lowest BCUT2D eigenvalue weighted by Gasteiger charge is -2.31. The SMILES string of the molecule is N=C(N)c1ccc(N2CCCc3ccccc32)c(F)c1. The Morgan fingerprint density at radius 2 is 1.95 bits per heavy atom. The molecule has 20 heavy (non-hydrogen) atoms. The molecule has 0 spiro atoms. The highest BCUT2D eigenvalue weighted by Crippen LogP contribution is 2.34. The van der Waals surface area contributed by atoms with Crippen molar-refractivity contribution < 1.29 is 4.39 Å². The number of halogens is 1. The molecule has 3 N–H and O–H groups in total. The van der Waals surface area contributed by atoms with Crippen molar-refractivity contribution in [1.29, 1.82) is 5.41 Å². The Balaban J connectivity index is 2.04. The minimum atomic E-state index is -0.339. The predicted molar refractivity (Wildman–Crippen MR) is 79.2 cm³/mol. The first-order chi connectivity index (χ1) is 9.66. The summed E-state index contributed by atoms with van der Waals surface area (Å²) in [5.41, 5.74) is 8.66. The molecule has 0 bridgehead atoms. The molecule has 0 atom stereocenters. The summed E-state index contributed by atoms with van der Waals surface area (Å²) in [4.78, 5) is 2.00. The lowest BCUT2D eigenvalue weighted by atomic mass is 10.0. The Kier molecular flexibility index (Phi) is 3.14. The van der Waals surface area contributed by atoms with Crippen molar-refractivity contribution in [2.24, 2.45) is 5.73 Å². The van der Waals surface area contributed by atoms with Crippen molar-refractivity contribution in [2.45, 2.75) is 12.8 Å². The average molecular weight is 269 g/mol. The number of anilines is 2. The fourth-order valence-electron chi connectivity index (χ4n) is 2.68. The molecular formula is C16H16FN3. The maximum absolute atomic E-state index is 14.3. The van der Waals surface area contributed by atoms with Gasteiger partial charge in [-0.15, -0.1) is 0 Å². The van der Waals surface area contributed by atoms with Gasteiger partial charge in [-0.1, -0.05) is 18.2 Å². The van der Waals surface area contributed by atoms with Gasteiger partial charge in [-0.25, -0.2) is 4.39 Å². The molecule has 2 aromatic carbocycles. The van der Waals surface area contributed by atoms with Gasteiger partial charge in [0.2, 0.25) is 0 Å². The van der Waals surface area contributed by atoms with E-state index in [-0.39, 0.29) is 11.7 Å². The van der Waals surface area contributed by atoms with E-state index in [1.54, 1.807) is 12.1 Å². The molecule has 3 nitrogen and oxygen atoms in total. The Bertz CT molecular complexity index is 667. The lowest BCUT2D eigenvalue weighted by Crippen LogP contribution is -2.25. The van der Waals surface area contributed by atoms with Gasteiger partial charge in [0.1, 0.15) is 11.7 Å². The zero-order valence-corrected chi connectivity index (χ0v) is 11.1. The van der Waals surface area contributed by atoms with E-state index < -0.39 is 0 Å². The first-order valence-electron chi connectivity index (χ1n) is 6.66. The van der Waals surface area contributed by atoms with Crippen LogP contribution in [0.5, 0.6) is 0 Å². The van der Waals surface area contributed by atoms with Crippen molar-refractivity contribution >= 4 is 17.2 Å². The molecule has 2 aromatic rings. The van der Waals surface area contributed by atoms with E-state index in [0.717, 1.165) is 25.1 Å². The summed E-state index contributed by atoms with van der Waals surface area (Å²) in [5, 5.41) is 7.36. The third-order valence-electron chi connectivity index (χ3n) is 3.66. The van der Waals surface area contributed by atoms with Gasteiger partial charge in [0.05, 0.1) is 5.69 Å². The van der Waals surface area contributed by atoms with Crippen LogP contribution in [0.25, 0.3) is 0 Å². The van der Waals surface area contributed by atoms with Crippen molar-refractivity contribution in [3.8, 4) is 0 Å². The van der Waals surface area contributed by atoms with Gasteiger partial charge in [-0.3, -0.25) is 5.41 Å². The third-order valence-corrected chi connectivity index (χ3v) is 3.66. The maximum Gasteiger partial charge on any atom is 0.147 e. The van der Waals surface area contributed by atoms with E-state index >= 15 is 0 Å². The normalized spacial score (nSPS) is 13.9. The van der Waals surface area contributed by atoms with E-state index in [1.807, 2.05) is 23.1 Å². The molecule has 0 amide bonds. The highest BCUT2D eigenvalue weighted by atomic mass is 19.1. The first-order valence-corrected chi connectivity index (χ1v) is 6.66. The second kappa shape index (κ2) is 4.96. The van der Waals surface area contributed by atoms with Crippen LogP contribution < -0.4 is 10.6 Å². The molecule has 0 unspecified atom stereocenters. The third kappa shape index (κ3) is 2.13. The van der Waals surface area contributed by atoms with E-state index in [0.29, 0.717) is 11.3 Å². The quantitative estimate of drug-likeness (QED) is 0.650. The first kappa shape index (κ1) is 12.7. The van der Waals surface area contributed by atoms with Crippen molar-refractivity contribution in [1.82, 2.24) is 0 Å². The number of nitrogen functional groups attached to an aromatic ring is 1. The van der Waals surface area contributed by atoms with Crippen molar-refractivity contribution in [3.63, 3.8) is 0 Å². The average Bonchev–Trinajstić information content (AvgIpc) is 2.46. The minimum absolute atomic E-state index is 0.116. The molecule has 3 rings (SSSR count). The number of para-hydroxylation sites is 1. The number of hydrogen-bond donors (Lipinski definition) is 2. The molecule has 0 saturated heterocycles. The highest BCUT2D eigenvalue weighted by molar-refractivity contribution is 5.95. The van der Waals surface area contributed by atoms with E-state index in [2.05, 4.69) is 6.07 Å². The summed E-state index contributed by atoms with van der Waals surface area (Å²) in [5.74, 6) is -0.455. The summed E-state index contributed by atoms with van der Waals surface area (Å²) >= 11 is 0. The Hall–Kier alpha value is -2.36. The molecule has 0 radical (unpaired) electrons. The Labute approximate surface area is 117 Å². The molecule has 0 saturated carbocycles. The molecule has 1 heterocycles. The number of nitrogens with two attached hydrogens (primary N) is 1. The van der Waals surface area contributed by atoms with Gasteiger partial charge in [0.25, 0.3) is 0 Å². The van der Waals surface area contributed by atoms with Crippen LogP contribution in [0.3, 0.4) is 0 Å². The van der Waals surface area contributed by atoms with Gasteiger partial charge in [0, 0.05) is 17.8 Å². The molecule has 0 aromatic heterocycles. The summed E-state index contributed by atoms with van der Waals surface area (Å²) in [6.07, 6.45) is 2.03. The number of amidine groups is 1. The zero-order valence-electron chi connectivity index (χ0n) is 11.1. The molecule has 4 heteroatoms. The van der Waals surface area contributed by atoms with Crippen LogP contribution in [0.1, 0.15) is 17.5 Å². The number of aryl methyl sites for hydroxylation is 1. The molecule has 0 fully saturated rings. The van der Waals surface area contributed by atoms with Crippen LogP contribution in [-0.2, 0) is 6.42 Å². The molecule has 0 aliphatic carbocycles. The zero-order chi connectivity index (χ0) is 14.1.